The van der Waals surface area contributed by atoms with Crippen LogP contribution in [-0.2, 0) is 6.42 Å². The fourth-order valence-corrected chi connectivity index (χ4v) is 4.79. The Hall–Kier alpha value is -1.79. The third-order valence-corrected chi connectivity index (χ3v) is 6.31. The SMILES string of the molecule is CCCCCCCc1c(O)nc(SCCN(CCC)CCC)n(-c2ccccc2)c1=O. The highest BCUT2D eigenvalue weighted by molar-refractivity contribution is 7.99. The molecule has 0 spiro atoms. The second-order valence-corrected chi connectivity index (χ2v) is 9.09. The Morgan fingerprint density at radius 1 is 0.935 bits per heavy atom. The quantitative estimate of drug-likeness (QED) is 0.218. The molecule has 0 saturated heterocycles. The lowest BCUT2D eigenvalue weighted by Gasteiger charge is -2.21. The molecule has 0 saturated carbocycles. The number of rotatable bonds is 15. The van der Waals surface area contributed by atoms with Gasteiger partial charge in [-0.3, -0.25) is 9.36 Å². The molecule has 0 amide bonds. The minimum Gasteiger partial charge on any atom is -0.493 e. The van der Waals surface area contributed by atoms with Gasteiger partial charge in [0.05, 0.1) is 11.3 Å². The maximum absolute atomic E-state index is 13.4. The number of para-hydroxylation sites is 1. The molecule has 6 heteroatoms. The summed E-state index contributed by atoms with van der Waals surface area (Å²) in [5.74, 6) is 0.726. The molecule has 1 aromatic heterocycles. The van der Waals surface area contributed by atoms with Gasteiger partial charge in [0.25, 0.3) is 5.56 Å². The zero-order valence-corrected chi connectivity index (χ0v) is 20.3. The fraction of sp³-hybridized carbons (Fsp3) is 0.600. The van der Waals surface area contributed by atoms with E-state index in [0.717, 1.165) is 63.2 Å². The highest BCUT2D eigenvalue weighted by Gasteiger charge is 2.18. The van der Waals surface area contributed by atoms with Crippen LogP contribution in [0, 0.1) is 0 Å². The van der Waals surface area contributed by atoms with Crippen LogP contribution in [0.1, 0.15) is 71.3 Å². The van der Waals surface area contributed by atoms with Gasteiger partial charge >= 0.3 is 0 Å². The highest BCUT2D eigenvalue weighted by Crippen LogP contribution is 2.23. The molecule has 0 aliphatic heterocycles. The molecule has 172 valence electrons. The van der Waals surface area contributed by atoms with E-state index in [1.54, 1.807) is 16.3 Å². The summed E-state index contributed by atoms with van der Waals surface area (Å²) in [6.45, 7) is 9.68. The fourth-order valence-electron chi connectivity index (χ4n) is 3.79. The van der Waals surface area contributed by atoms with E-state index in [4.69, 9.17) is 0 Å². The van der Waals surface area contributed by atoms with Gasteiger partial charge in [-0.05, 0) is 50.9 Å². The predicted octanol–water partition coefficient (Wildman–Crippen LogP) is 5.67. The summed E-state index contributed by atoms with van der Waals surface area (Å²) < 4.78 is 1.68. The topological polar surface area (TPSA) is 58.4 Å². The van der Waals surface area contributed by atoms with E-state index in [1.165, 1.54) is 12.8 Å². The summed E-state index contributed by atoms with van der Waals surface area (Å²) in [6.07, 6.45) is 8.36. The summed E-state index contributed by atoms with van der Waals surface area (Å²) in [4.78, 5) is 20.3. The van der Waals surface area contributed by atoms with Crippen molar-refractivity contribution in [2.75, 3.05) is 25.4 Å². The summed E-state index contributed by atoms with van der Waals surface area (Å²) >= 11 is 1.54. The molecule has 1 aromatic carbocycles. The summed E-state index contributed by atoms with van der Waals surface area (Å²) in [7, 11) is 0. The van der Waals surface area contributed by atoms with Gasteiger partial charge in [-0.2, -0.15) is 4.98 Å². The first kappa shape index (κ1) is 25.5. The Balaban J connectivity index is 2.23. The second-order valence-electron chi connectivity index (χ2n) is 8.03. The smallest absolute Gasteiger partial charge is 0.265 e. The predicted molar refractivity (Wildman–Crippen MR) is 132 cm³/mol. The van der Waals surface area contributed by atoms with Crippen LogP contribution in [0.25, 0.3) is 5.69 Å². The summed E-state index contributed by atoms with van der Waals surface area (Å²) in [5.41, 5.74) is 1.09. The number of unbranched alkanes of at least 4 members (excludes halogenated alkanes) is 4. The number of hydrogen-bond acceptors (Lipinski definition) is 5. The van der Waals surface area contributed by atoms with Crippen molar-refractivity contribution in [1.29, 1.82) is 0 Å². The lowest BCUT2D eigenvalue weighted by Crippen LogP contribution is -2.29. The Morgan fingerprint density at radius 3 is 2.26 bits per heavy atom. The van der Waals surface area contributed by atoms with Crippen LogP contribution in [0.4, 0.5) is 0 Å². The van der Waals surface area contributed by atoms with Crippen LogP contribution in [0.2, 0.25) is 0 Å². The van der Waals surface area contributed by atoms with Gasteiger partial charge in [0, 0.05) is 12.3 Å². The number of thioether (sulfide) groups is 1. The minimum absolute atomic E-state index is 0.103. The van der Waals surface area contributed by atoms with Crippen LogP contribution < -0.4 is 5.56 Å². The zero-order valence-electron chi connectivity index (χ0n) is 19.5. The standard InChI is InChI=1S/C25H39N3O2S/c1-4-7-8-9-13-16-22-23(29)26-25(31-20-19-27(17-5-2)18-6-3)28(24(22)30)21-14-11-10-12-15-21/h10-12,14-15,29H,4-9,13,16-20H2,1-3H3. The molecule has 2 aromatic rings. The molecule has 0 aliphatic rings. The van der Waals surface area contributed by atoms with Crippen LogP contribution in [0.15, 0.2) is 40.3 Å². The third-order valence-electron chi connectivity index (χ3n) is 5.39. The molecule has 0 unspecified atom stereocenters. The molecule has 0 bridgehead atoms. The van der Waals surface area contributed by atoms with Gasteiger partial charge in [-0.25, -0.2) is 0 Å². The Labute approximate surface area is 191 Å². The molecule has 2 rings (SSSR count). The number of benzene rings is 1. The molecule has 1 N–H and O–H groups in total. The van der Waals surface area contributed by atoms with E-state index >= 15 is 0 Å². The second kappa shape index (κ2) is 14.3. The molecule has 0 fully saturated rings. The van der Waals surface area contributed by atoms with E-state index in [0.29, 0.717) is 17.1 Å². The van der Waals surface area contributed by atoms with Gasteiger partial charge in [0.2, 0.25) is 5.88 Å². The van der Waals surface area contributed by atoms with Crippen molar-refractivity contribution >= 4 is 11.8 Å². The maximum atomic E-state index is 13.4. The van der Waals surface area contributed by atoms with E-state index < -0.39 is 0 Å². The first-order chi connectivity index (χ1) is 15.1. The molecule has 0 atom stereocenters. The Morgan fingerprint density at radius 2 is 1.61 bits per heavy atom. The highest BCUT2D eigenvalue weighted by atomic mass is 32.2. The Bertz CT molecular complexity index is 818. The van der Waals surface area contributed by atoms with Gasteiger partial charge in [-0.15, -0.1) is 0 Å². The largest absolute Gasteiger partial charge is 0.493 e. The first-order valence-corrected chi connectivity index (χ1v) is 12.9. The van der Waals surface area contributed by atoms with Gasteiger partial charge in [0.15, 0.2) is 5.16 Å². The van der Waals surface area contributed by atoms with Gasteiger partial charge in [-0.1, -0.05) is 76.4 Å². The number of aromatic hydroxyl groups is 1. The first-order valence-electron chi connectivity index (χ1n) is 11.9. The lowest BCUT2D eigenvalue weighted by molar-refractivity contribution is 0.292. The van der Waals surface area contributed by atoms with Crippen molar-refractivity contribution in [3.8, 4) is 11.6 Å². The van der Waals surface area contributed by atoms with Crippen LogP contribution in [-0.4, -0.2) is 44.9 Å². The van der Waals surface area contributed by atoms with E-state index in [2.05, 4.69) is 30.7 Å². The molecule has 0 radical (unpaired) electrons. The van der Waals surface area contributed by atoms with Crippen molar-refractivity contribution in [2.45, 2.75) is 77.3 Å². The number of aromatic nitrogens is 2. The lowest BCUT2D eigenvalue weighted by atomic mass is 10.1. The van der Waals surface area contributed by atoms with Crippen LogP contribution >= 0.6 is 11.8 Å². The average Bonchev–Trinajstić information content (AvgIpc) is 2.76. The molecular weight excluding hydrogens is 406 g/mol. The molecule has 5 nitrogen and oxygen atoms in total. The molecule has 31 heavy (non-hydrogen) atoms. The van der Waals surface area contributed by atoms with Crippen molar-refractivity contribution in [2.24, 2.45) is 0 Å². The van der Waals surface area contributed by atoms with Crippen LogP contribution in [0.5, 0.6) is 5.88 Å². The molecule has 0 aliphatic carbocycles. The Kier molecular flexibility index (Phi) is 11.8. The van der Waals surface area contributed by atoms with Crippen molar-refractivity contribution in [1.82, 2.24) is 14.5 Å². The van der Waals surface area contributed by atoms with Crippen molar-refractivity contribution in [3.63, 3.8) is 0 Å². The summed E-state index contributed by atoms with van der Waals surface area (Å²) in [6, 6.07) is 9.65. The van der Waals surface area contributed by atoms with Gasteiger partial charge in [0.1, 0.15) is 0 Å². The molecular formula is C25H39N3O2S. The van der Waals surface area contributed by atoms with Crippen molar-refractivity contribution < 1.29 is 5.11 Å². The van der Waals surface area contributed by atoms with E-state index in [-0.39, 0.29) is 11.4 Å². The van der Waals surface area contributed by atoms with E-state index in [1.807, 2.05) is 30.3 Å². The third kappa shape index (κ3) is 8.00. The summed E-state index contributed by atoms with van der Waals surface area (Å²) in [5, 5.41) is 11.1. The van der Waals surface area contributed by atoms with E-state index in [9.17, 15) is 9.90 Å². The molecule has 1 heterocycles. The normalized spacial score (nSPS) is 11.4. The number of hydrogen-bond donors (Lipinski definition) is 1. The van der Waals surface area contributed by atoms with Crippen LogP contribution in [0.3, 0.4) is 0 Å². The minimum atomic E-state index is -0.143. The average molecular weight is 446 g/mol. The number of nitrogens with zero attached hydrogens (tertiary/aromatic N) is 3. The maximum Gasteiger partial charge on any atom is 0.265 e. The zero-order chi connectivity index (χ0) is 22.5. The van der Waals surface area contributed by atoms with Crippen molar-refractivity contribution in [3.05, 3.63) is 46.2 Å². The van der Waals surface area contributed by atoms with Gasteiger partial charge < -0.3 is 10.0 Å². The monoisotopic (exact) mass is 445 g/mol.